The molecule has 0 aliphatic carbocycles. The van der Waals surface area contributed by atoms with Gasteiger partial charge in [0, 0.05) is 12.1 Å². The topological polar surface area (TPSA) is 29.5 Å². The molecule has 0 atom stereocenters. The van der Waals surface area contributed by atoms with Crippen LogP contribution in [0.15, 0.2) is 18.2 Å². The largest absolute Gasteiger partial charge is 0.449 e. The molecule has 0 saturated heterocycles. The number of halogens is 1. The van der Waals surface area contributed by atoms with E-state index in [0.717, 1.165) is 24.1 Å². The number of rotatable bonds is 6. The molecular formula is C15H22ClNO2. The molecule has 3 nitrogen and oxygen atoms in total. The highest BCUT2D eigenvalue weighted by Crippen LogP contribution is 2.26. The van der Waals surface area contributed by atoms with Gasteiger partial charge in [0.05, 0.1) is 12.3 Å². The molecule has 0 unspecified atom stereocenters. The summed E-state index contributed by atoms with van der Waals surface area (Å²) >= 11 is 6.05. The van der Waals surface area contributed by atoms with Crippen LogP contribution in [0.2, 0.25) is 5.02 Å². The van der Waals surface area contributed by atoms with Gasteiger partial charge >= 0.3 is 6.09 Å². The zero-order valence-electron chi connectivity index (χ0n) is 11.9. The average molecular weight is 284 g/mol. The maximum absolute atomic E-state index is 11.9. The number of nitrogens with zero attached hydrogens (tertiary/aromatic N) is 1. The van der Waals surface area contributed by atoms with Gasteiger partial charge in [-0.15, -0.1) is 0 Å². The zero-order chi connectivity index (χ0) is 14.3. The fourth-order valence-electron chi connectivity index (χ4n) is 1.84. The molecule has 0 heterocycles. The molecule has 1 rings (SSSR count). The maximum atomic E-state index is 11.9. The Labute approximate surface area is 120 Å². The Morgan fingerprint density at radius 3 is 2.74 bits per heavy atom. The first-order valence-corrected chi connectivity index (χ1v) is 7.11. The highest BCUT2D eigenvalue weighted by atomic mass is 35.5. The van der Waals surface area contributed by atoms with Gasteiger partial charge in [0.15, 0.2) is 0 Å². The zero-order valence-corrected chi connectivity index (χ0v) is 12.7. The van der Waals surface area contributed by atoms with Gasteiger partial charge in [0.1, 0.15) is 0 Å². The van der Waals surface area contributed by atoms with E-state index in [9.17, 15) is 4.79 Å². The van der Waals surface area contributed by atoms with Crippen molar-refractivity contribution in [1.29, 1.82) is 0 Å². The lowest BCUT2D eigenvalue weighted by Crippen LogP contribution is -2.28. The van der Waals surface area contributed by atoms with Crippen LogP contribution in [0.4, 0.5) is 10.5 Å². The van der Waals surface area contributed by atoms with Crippen LogP contribution in [0.3, 0.4) is 0 Å². The summed E-state index contributed by atoms with van der Waals surface area (Å²) in [5.41, 5.74) is 1.67. The highest BCUT2D eigenvalue weighted by molar-refractivity contribution is 6.31. The summed E-state index contributed by atoms with van der Waals surface area (Å²) in [6, 6.07) is 5.50. The van der Waals surface area contributed by atoms with Gasteiger partial charge in [-0.3, -0.25) is 4.90 Å². The number of benzene rings is 1. The lowest BCUT2D eigenvalue weighted by molar-refractivity contribution is 0.152. The Morgan fingerprint density at radius 2 is 2.05 bits per heavy atom. The Hall–Kier alpha value is -1.22. The first kappa shape index (κ1) is 15.8. The van der Waals surface area contributed by atoms with E-state index in [2.05, 4.69) is 6.92 Å². The van der Waals surface area contributed by atoms with Crippen LogP contribution in [-0.2, 0) is 4.74 Å². The number of carbonyl (C=O) groups is 1. The number of carbonyl (C=O) groups excluding carboxylic acids is 1. The molecular weight excluding hydrogens is 262 g/mol. The number of amides is 1. The van der Waals surface area contributed by atoms with Gasteiger partial charge in [-0.25, -0.2) is 4.79 Å². The van der Waals surface area contributed by atoms with Crippen molar-refractivity contribution >= 4 is 23.4 Å². The monoisotopic (exact) mass is 283 g/mol. The molecule has 1 amide bonds. The molecule has 0 aromatic heterocycles. The summed E-state index contributed by atoms with van der Waals surface area (Å²) in [5, 5.41) is 0.653. The second-order valence-corrected chi connectivity index (χ2v) is 5.03. The molecule has 1 aromatic rings. The summed E-state index contributed by atoms with van der Waals surface area (Å²) in [6.07, 6.45) is 4.05. The lowest BCUT2D eigenvalue weighted by Gasteiger charge is -2.19. The van der Waals surface area contributed by atoms with Gasteiger partial charge in [-0.2, -0.15) is 0 Å². The van der Waals surface area contributed by atoms with Crippen LogP contribution in [0, 0.1) is 6.92 Å². The Bertz CT molecular complexity index is 421. The van der Waals surface area contributed by atoms with Crippen LogP contribution >= 0.6 is 11.6 Å². The quantitative estimate of drug-likeness (QED) is 0.702. The average Bonchev–Trinajstić information content (AvgIpc) is 2.40. The minimum Gasteiger partial charge on any atom is -0.449 e. The van der Waals surface area contributed by atoms with Crippen molar-refractivity contribution < 1.29 is 9.53 Å². The molecule has 4 heteroatoms. The van der Waals surface area contributed by atoms with Gasteiger partial charge in [-0.05, 0) is 31.0 Å². The Kier molecular flexibility index (Phi) is 6.71. The van der Waals surface area contributed by atoms with Crippen molar-refractivity contribution in [3.05, 3.63) is 28.8 Å². The Balaban J connectivity index is 2.50. The van der Waals surface area contributed by atoms with E-state index in [1.54, 1.807) is 7.05 Å². The molecule has 0 aliphatic heterocycles. The van der Waals surface area contributed by atoms with Crippen LogP contribution in [0.25, 0.3) is 0 Å². The first-order valence-electron chi connectivity index (χ1n) is 6.73. The summed E-state index contributed by atoms with van der Waals surface area (Å²) in [4.78, 5) is 13.4. The normalized spacial score (nSPS) is 10.3. The van der Waals surface area contributed by atoms with E-state index >= 15 is 0 Å². The van der Waals surface area contributed by atoms with Crippen LogP contribution in [-0.4, -0.2) is 19.7 Å². The molecule has 0 fully saturated rings. The van der Waals surface area contributed by atoms with Crippen LogP contribution < -0.4 is 4.90 Å². The minimum absolute atomic E-state index is 0.332. The predicted octanol–water partition coefficient (Wildman–Crippen LogP) is 4.80. The first-order chi connectivity index (χ1) is 9.07. The van der Waals surface area contributed by atoms with E-state index < -0.39 is 0 Å². The van der Waals surface area contributed by atoms with Crippen molar-refractivity contribution in [2.24, 2.45) is 0 Å². The van der Waals surface area contributed by atoms with Gasteiger partial charge < -0.3 is 4.74 Å². The van der Waals surface area contributed by atoms with E-state index in [1.165, 1.54) is 17.7 Å². The highest BCUT2D eigenvalue weighted by Gasteiger charge is 2.15. The fourth-order valence-corrected chi connectivity index (χ4v) is 2.01. The molecule has 0 spiro atoms. The molecule has 106 valence electrons. The second-order valence-electron chi connectivity index (χ2n) is 4.62. The van der Waals surface area contributed by atoms with Crippen LogP contribution in [0.5, 0.6) is 0 Å². The molecule has 0 aliphatic rings. The number of unbranched alkanes of at least 4 members (excludes halogenated alkanes) is 3. The maximum Gasteiger partial charge on any atom is 0.414 e. The van der Waals surface area contributed by atoms with Gasteiger partial charge in [0.2, 0.25) is 0 Å². The summed E-state index contributed by atoms with van der Waals surface area (Å²) in [7, 11) is 1.70. The lowest BCUT2D eigenvalue weighted by atomic mass is 10.2. The Morgan fingerprint density at radius 1 is 1.32 bits per heavy atom. The standard InChI is InChI=1S/C15H22ClNO2/c1-4-5-6-7-11-19-15(18)17(3)14-10-8-9-13(16)12(14)2/h8-10H,4-7,11H2,1-3H3. The van der Waals surface area contributed by atoms with Crippen molar-refractivity contribution in [3.8, 4) is 0 Å². The molecule has 0 N–H and O–H groups in total. The molecule has 1 aromatic carbocycles. The number of anilines is 1. The minimum atomic E-state index is -0.332. The molecule has 19 heavy (non-hydrogen) atoms. The number of hydrogen-bond acceptors (Lipinski definition) is 2. The summed E-state index contributed by atoms with van der Waals surface area (Å²) in [6.45, 7) is 4.52. The fraction of sp³-hybridized carbons (Fsp3) is 0.533. The number of ether oxygens (including phenoxy) is 1. The third-order valence-corrected chi connectivity index (χ3v) is 3.51. The summed E-state index contributed by atoms with van der Waals surface area (Å²) in [5.74, 6) is 0. The van der Waals surface area contributed by atoms with Crippen molar-refractivity contribution in [1.82, 2.24) is 0 Å². The van der Waals surface area contributed by atoms with E-state index in [-0.39, 0.29) is 6.09 Å². The third-order valence-electron chi connectivity index (χ3n) is 3.10. The van der Waals surface area contributed by atoms with Crippen molar-refractivity contribution in [2.75, 3.05) is 18.6 Å². The van der Waals surface area contributed by atoms with Crippen molar-refractivity contribution in [2.45, 2.75) is 39.5 Å². The second kappa shape index (κ2) is 8.05. The smallest absolute Gasteiger partial charge is 0.414 e. The SMILES string of the molecule is CCCCCCOC(=O)N(C)c1cccc(Cl)c1C. The molecule has 0 bridgehead atoms. The third kappa shape index (κ3) is 4.75. The van der Waals surface area contributed by atoms with E-state index in [0.29, 0.717) is 11.6 Å². The van der Waals surface area contributed by atoms with Crippen molar-refractivity contribution in [3.63, 3.8) is 0 Å². The molecule has 0 saturated carbocycles. The van der Waals surface area contributed by atoms with E-state index in [1.807, 2.05) is 25.1 Å². The van der Waals surface area contributed by atoms with E-state index in [4.69, 9.17) is 16.3 Å². The number of hydrogen-bond donors (Lipinski definition) is 0. The van der Waals surface area contributed by atoms with Gasteiger partial charge in [0.25, 0.3) is 0 Å². The van der Waals surface area contributed by atoms with Crippen LogP contribution in [0.1, 0.15) is 38.2 Å². The summed E-state index contributed by atoms with van der Waals surface area (Å²) < 4.78 is 5.24. The molecule has 0 radical (unpaired) electrons. The predicted molar refractivity (Wildman–Crippen MR) is 80.1 cm³/mol. The van der Waals surface area contributed by atoms with Gasteiger partial charge in [-0.1, -0.05) is 43.9 Å².